The summed E-state index contributed by atoms with van der Waals surface area (Å²) in [6.45, 7) is 11.4. The number of nitrogens with one attached hydrogen (secondary N) is 1. The molecule has 2 saturated carbocycles. The molecule has 0 radical (unpaired) electrons. The third-order valence-electron chi connectivity index (χ3n) is 13.8. The number of hydrogen-bond donors (Lipinski definition) is 4. The van der Waals surface area contributed by atoms with Crippen molar-refractivity contribution in [2.75, 3.05) is 0 Å². The topological polar surface area (TPSA) is 221 Å². The van der Waals surface area contributed by atoms with Gasteiger partial charge in [0.25, 0.3) is 11.7 Å². The van der Waals surface area contributed by atoms with E-state index in [-0.39, 0.29) is 28.7 Å². The number of aliphatic hydroxyl groups excluding tert-OH is 2. The van der Waals surface area contributed by atoms with Gasteiger partial charge in [-0.15, -0.1) is 0 Å². The highest BCUT2D eigenvalue weighted by atomic mass is 16.7. The average molecular weight is 868 g/mol. The average Bonchev–Trinajstić information content (AvgIpc) is 3.33. The van der Waals surface area contributed by atoms with E-state index < -0.39 is 112 Å². The highest BCUT2D eigenvalue weighted by Gasteiger charge is 2.82. The van der Waals surface area contributed by atoms with E-state index in [0.29, 0.717) is 5.56 Å². The molecule has 6 bridgehead atoms. The molecule has 15 nitrogen and oxygen atoms in total. The molecule has 15 heteroatoms. The van der Waals surface area contributed by atoms with Crippen molar-refractivity contribution in [3.05, 3.63) is 118 Å². The Morgan fingerprint density at radius 1 is 0.810 bits per heavy atom. The monoisotopic (exact) mass is 867 g/mol. The summed E-state index contributed by atoms with van der Waals surface area (Å²) in [5.74, 6) is -9.97. The van der Waals surface area contributed by atoms with Gasteiger partial charge in [0.2, 0.25) is 5.78 Å². The Bertz CT molecular complexity index is 2360. The number of esters is 4. The van der Waals surface area contributed by atoms with Gasteiger partial charge < -0.3 is 44.3 Å². The highest BCUT2D eigenvalue weighted by molar-refractivity contribution is 5.99. The van der Waals surface area contributed by atoms with Gasteiger partial charge in [0.15, 0.2) is 6.10 Å². The number of hydrogen-bond acceptors (Lipinski definition) is 14. The van der Waals surface area contributed by atoms with E-state index in [2.05, 4.69) is 5.32 Å². The van der Waals surface area contributed by atoms with Crippen LogP contribution in [0.3, 0.4) is 0 Å². The fraction of sp³-hybridized carbons (Fsp3) is 0.458. The zero-order valence-corrected chi connectivity index (χ0v) is 36.4. The van der Waals surface area contributed by atoms with Crippen LogP contribution in [-0.4, -0.2) is 98.4 Å². The largest absolute Gasteiger partial charge is 0.456 e. The SMILES string of the molecule is CC(=O)O[C@@]12O[C@@H]3C[C@H](O)[C@@](C)(C1=O)[C@H]([C@H](OC(=O)c1ccccc1)[C@]1(O)C[C@H](OC(=O)[C@H](O)[C@@H](NC(=O)c4ccc(C)cc4)c4ccccc4)C(C)=C2C1(C)C)[C@@]3(C)OC(C)=O. The predicted molar refractivity (Wildman–Crippen MR) is 222 cm³/mol. The van der Waals surface area contributed by atoms with Crippen LogP contribution in [-0.2, 0) is 42.9 Å². The van der Waals surface area contributed by atoms with Gasteiger partial charge in [-0.3, -0.25) is 19.2 Å². The third kappa shape index (κ3) is 7.24. The van der Waals surface area contributed by atoms with Crippen LogP contribution in [0.2, 0.25) is 0 Å². The Labute approximate surface area is 364 Å². The van der Waals surface area contributed by atoms with Gasteiger partial charge in [-0.25, -0.2) is 9.59 Å². The van der Waals surface area contributed by atoms with Crippen LogP contribution in [0.4, 0.5) is 0 Å². The number of ketones is 1. The summed E-state index contributed by atoms with van der Waals surface area (Å²) >= 11 is 0. The van der Waals surface area contributed by atoms with Gasteiger partial charge in [0, 0.05) is 43.2 Å². The van der Waals surface area contributed by atoms with Gasteiger partial charge >= 0.3 is 23.9 Å². The molecule has 5 aliphatic rings. The van der Waals surface area contributed by atoms with E-state index >= 15 is 4.79 Å². The normalized spacial score (nSPS) is 32.6. The summed E-state index contributed by atoms with van der Waals surface area (Å²) in [6, 6.07) is 21.4. The van der Waals surface area contributed by atoms with Crippen molar-refractivity contribution in [3.8, 4) is 0 Å². The Hall–Kier alpha value is -5.74. The second-order valence-electron chi connectivity index (χ2n) is 18.0. The molecule has 1 amide bonds. The van der Waals surface area contributed by atoms with Crippen molar-refractivity contribution in [1.29, 1.82) is 0 Å². The van der Waals surface area contributed by atoms with Crippen molar-refractivity contribution in [3.63, 3.8) is 0 Å². The molecule has 0 aromatic heterocycles. The lowest BCUT2D eigenvalue weighted by Crippen LogP contribution is -2.76. The van der Waals surface area contributed by atoms with E-state index in [4.69, 9.17) is 23.7 Å². The summed E-state index contributed by atoms with van der Waals surface area (Å²) < 4.78 is 31.3. The van der Waals surface area contributed by atoms with E-state index in [1.807, 2.05) is 6.92 Å². The maximum absolute atomic E-state index is 15.7. The Morgan fingerprint density at radius 2 is 1.40 bits per heavy atom. The summed E-state index contributed by atoms with van der Waals surface area (Å²) in [4.78, 5) is 84.3. The van der Waals surface area contributed by atoms with Crippen molar-refractivity contribution in [2.24, 2.45) is 16.7 Å². The van der Waals surface area contributed by atoms with Gasteiger partial charge in [0.05, 0.1) is 29.0 Å². The van der Waals surface area contributed by atoms with Gasteiger partial charge in [-0.2, -0.15) is 0 Å². The van der Waals surface area contributed by atoms with Gasteiger partial charge in [0.1, 0.15) is 29.5 Å². The van der Waals surface area contributed by atoms with Crippen LogP contribution >= 0.6 is 0 Å². The Morgan fingerprint density at radius 3 is 1.98 bits per heavy atom. The van der Waals surface area contributed by atoms with Crippen molar-refractivity contribution < 1.29 is 67.8 Å². The summed E-state index contributed by atoms with van der Waals surface area (Å²) in [6.07, 6.45) is -9.37. The third-order valence-corrected chi connectivity index (χ3v) is 13.8. The van der Waals surface area contributed by atoms with Crippen LogP contribution in [0.5, 0.6) is 0 Å². The first-order valence-electron chi connectivity index (χ1n) is 20.8. The lowest BCUT2D eigenvalue weighted by molar-refractivity contribution is -0.266. The number of carbonyl (C=O) groups is 6. The molecule has 2 aliphatic heterocycles. The van der Waals surface area contributed by atoms with Crippen LogP contribution < -0.4 is 5.32 Å². The lowest BCUT2D eigenvalue weighted by Gasteiger charge is -2.62. The zero-order chi connectivity index (χ0) is 46.0. The highest BCUT2D eigenvalue weighted by Crippen LogP contribution is 2.67. The quantitative estimate of drug-likeness (QED) is 0.126. The van der Waals surface area contributed by atoms with E-state index in [1.54, 1.807) is 72.8 Å². The number of aryl methyl sites for hydroxylation is 1. The second kappa shape index (κ2) is 16.1. The van der Waals surface area contributed by atoms with Gasteiger partial charge in [-0.1, -0.05) is 80.1 Å². The molecule has 2 heterocycles. The minimum Gasteiger partial charge on any atom is -0.456 e. The minimum atomic E-state index is -2.74. The van der Waals surface area contributed by atoms with Crippen molar-refractivity contribution in [1.82, 2.24) is 5.32 Å². The van der Waals surface area contributed by atoms with Crippen LogP contribution in [0.15, 0.2) is 96.1 Å². The van der Waals surface area contributed by atoms with Gasteiger partial charge in [-0.05, 0) is 63.1 Å². The first kappa shape index (κ1) is 45.3. The molecule has 4 fully saturated rings. The summed E-state index contributed by atoms with van der Waals surface area (Å²) in [5.41, 5.74) is -6.82. The molecule has 334 valence electrons. The predicted octanol–water partition coefficient (Wildman–Crippen LogP) is 4.39. The number of benzene rings is 3. The molecule has 3 aliphatic carbocycles. The minimum absolute atomic E-state index is 0.0602. The number of ether oxygens (including phenoxy) is 5. The fourth-order valence-electron chi connectivity index (χ4n) is 10.6. The van der Waals surface area contributed by atoms with Crippen LogP contribution in [0, 0.1) is 23.7 Å². The van der Waals surface area contributed by atoms with E-state index in [9.17, 15) is 39.3 Å². The molecule has 4 N–H and O–H groups in total. The smallest absolute Gasteiger partial charge is 0.338 e. The number of Topliss-reactive ketones (excluding diaryl/α,β-unsaturated/α-hetero) is 1. The number of fused-ring (bicyclic) bond motifs is 3. The molecular formula is C48H53NO14. The maximum Gasteiger partial charge on any atom is 0.338 e. The number of amides is 1. The number of rotatable bonds is 10. The Kier molecular flexibility index (Phi) is 11.6. The zero-order valence-electron chi connectivity index (χ0n) is 36.4. The molecular weight excluding hydrogens is 815 g/mol. The lowest BCUT2D eigenvalue weighted by atomic mass is 9.46. The maximum atomic E-state index is 15.7. The Balaban J connectivity index is 1.41. The molecule has 2 saturated heterocycles. The van der Waals surface area contributed by atoms with Crippen molar-refractivity contribution in [2.45, 2.75) is 122 Å². The van der Waals surface area contributed by atoms with Crippen LogP contribution in [0.25, 0.3) is 0 Å². The first-order valence-corrected chi connectivity index (χ1v) is 20.8. The summed E-state index contributed by atoms with van der Waals surface area (Å²) in [5, 5.41) is 40.3. The first-order chi connectivity index (χ1) is 29.5. The van der Waals surface area contributed by atoms with Crippen molar-refractivity contribution >= 4 is 35.6 Å². The summed E-state index contributed by atoms with van der Waals surface area (Å²) in [7, 11) is 0. The molecule has 0 spiro atoms. The molecule has 11 atom stereocenters. The second-order valence-corrected chi connectivity index (χ2v) is 18.0. The number of aliphatic hydroxyl groups is 3. The van der Waals surface area contributed by atoms with Crippen LogP contribution in [0.1, 0.15) is 99.2 Å². The molecule has 3 aromatic rings. The molecule has 0 unspecified atom stereocenters. The number of carbonyl (C=O) groups excluding carboxylic acids is 6. The van der Waals surface area contributed by atoms with E-state index in [0.717, 1.165) is 19.4 Å². The molecule has 8 rings (SSSR count). The molecule has 63 heavy (non-hydrogen) atoms. The van der Waals surface area contributed by atoms with E-state index in [1.165, 1.54) is 46.8 Å². The standard InChI is InChI=1S/C48H53NO14/c1-25-19-21-30(22-20-25)40(54)49-35(29-15-11-9-12-16-29)36(53)42(56)59-32-24-47(58)39(60-41(55)31-17-13-10-14-18-31)38-45(7)33(52)23-34(46(38,8)61-27(3)50)63-48(43(45)57,62-28(4)51)37(26(32)2)44(47,5)6/h9-22,32-36,38-39,52-53,58H,23-24H2,1-8H3,(H,49,54)/t32-,33-,34+,35-,36+,38-,39-,45+,46-,47+,48-/m0/s1. The fourth-order valence-corrected chi connectivity index (χ4v) is 10.6. The molecule has 3 aromatic carbocycles.